The van der Waals surface area contributed by atoms with Gasteiger partial charge in [0.1, 0.15) is 0 Å². The summed E-state index contributed by atoms with van der Waals surface area (Å²) in [6.45, 7) is 0.309. The molecule has 0 unspecified atom stereocenters. The molecule has 0 amide bonds. The lowest BCUT2D eigenvalue weighted by Gasteiger charge is -2.17. The molecule has 3 nitrogen and oxygen atoms in total. The molecule has 2 rings (SSSR count). The SMILES string of the molecule is CN(Cc1csc(Br)c1)S(=O)(=O)c1ccc(Cl)c(CCl)c1. The van der Waals surface area contributed by atoms with E-state index in [4.69, 9.17) is 23.2 Å². The van der Waals surface area contributed by atoms with Crippen LogP contribution in [0.1, 0.15) is 11.1 Å². The second-order valence-corrected chi connectivity index (χ2v) is 9.42. The molecular weight excluding hydrogens is 417 g/mol. The van der Waals surface area contributed by atoms with Gasteiger partial charge >= 0.3 is 0 Å². The van der Waals surface area contributed by atoms with Crippen molar-refractivity contribution in [3.8, 4) is 0 Å². The lowest BCUT2D eigenvalue weighted by Crippen LogP contribution is -2.26. The molecule has 0 saturated carbocycles. The van der Waals surface area contributed by atoms with Gasteiger partial charge in [-0.1, -0.05) is 11.6 Å². The molecule has 1 aromatic heterocycles. The Kier molecular flexibility index (Phi) is 5.73. The molecule has 1 heterocycles. The second-order valence-electron chi connectivity index (χ2n) is 4.41. The standard InChI is InChI=1S/C13H12BrCl2NO2S2/c1-17(7-9-4-13(14)20-8-9)21(18,19)11-2-3-12(16)10(5-11)6-15/h2-5,8H,6-7H2,1H3. The minimum absolute atomic E-state index is 0.170. The van der Waals surface area contributed by atoms with Gasteiger partial charge in [-0.15, -0.1) is 22.9 Å². The molecule has 0 radical (unpaired) electrons. The third-order valence-electron chi connectivity index (χ3n) is 2.90. The van der Waals surface area contributed by atoms with Gasteiger partial charge in [-0.2, -0.15) is 4.31 Å². The van der Waals surface area contributed by atoms with Crippen LogP contribution in [0.3, 0.4) is 0 Å². The molecule has 1 aromatic carbocycles. The summed E-state index contributed by atoms with van der Waals surface area (Å²) in [5.74, 6) is 0.170. The first kappa shape index (κ1) is 17.2. The van der Waals surface area contributed by atoms with Crippen LogP contribution < -0.4 is 0 Å². The average Bonchev–Trinajstić information content (AvgIpc) is 2.84. The highest BCUT2D eigenvalue weighted by molar-refractivity contribution is 9.11. The molecule has 0 aliphatic carbocycles. The fraction of sp³-hybridized carbons (Fsp3) is 0.231. The maximum Gasteiger partial charge on any atom is 0.243 e. The summed E-state index contributed by atoms with van der Waals surface area (Å²) in [6, 6.07) is 6.47. The van der Waals surface area contributed by atoms with Gasteiger partial charge in [-0.3, -0.25) is 0 Å². The molecule has 0 atom stereocenters. The van der Waals surface area contributed by atoms with Crippen molar-refractivity contribution in [3.05, 3.63) is 49.6 Å². The van der Waals surface area contributed by atoms with E-state index in [0.717, 1.165) is 9.35 Å². The van der Waals surface area contributed by atoms with E-state index in [1.54, 1.807) is 13.1 Å². The number of thiophene rings is 1. The lowest BCUT2D eigenvalue weighted by molar-refractivity contribution is 0.467. The monoisotopic (exact) mass is 427 g/mol. The van der Waals surface area contributed by atoms with E-state index in [0.29, 0.717) is 17.1 Å². The summed E-state index contributed by atoms with van der Waals surface area (Å²) in [4.78, 5) is 0.194. The van der Waals surface area contributed by atoms with Gasteiger partial charge in [-0.25, -0.2) is 8.42 Å². The molecule has 0 spiro atoms. The third-order valence-corrected chi connectivity index (χ3v) is 6.91. The highest BCUT2D eigenvalue weighted by atomic mass is 79.9. The first-order valence-electron chi connectivity index (χ1n) is 5.88. The molecule has 0 N–H and O–H groups in total. The Morgan fingerprint density at radius 2 is 2.05 bits per heavy atom. The summed E-state index contributed by atoms with van der Waals surface area (Å²) in [7, 11) is -2.02. The Hall–Kier alpha value is -0.110. The largest absolute Gasteiger partial charge is 0.243 e. The van der Waals surface area contributed by atoms with Gasteiger partial charge in [0, 0.05) is 24.5 Å². The van der Waals surface area contributed by atoms with Crippen LogP contribution in [0, 0.1) is 0 Å². The summed E-state index contributed by atoms with van der Waals surface area (Å²) < 4.78 is 27.4. The quantitative estimate of drug-likeness (QED) is 0.645. The Bertz CT molecular complexity index is 746. The van der Waals surface area contributed by atoms with E-state index in [9.17, 15) is 8.42 Å². The van der Waals surface area contributed by atoms with Crippen LogP contribution in [0.4, 0.5) is 0 Å². The molecular formula is C13H12BrCl2NO2S2. The smallest absolute Gasteiger partial charge is 0.207 e. The van der Waals surface area contributed by atoms with E-state index < -0.39 is 10.0 Å². The Morgan fingerprint density at radius 3 is 2.62 bits per heavy atom. The van der Waals surface area contributed by atoms with Gasteiger partial charge in [0.25, 0.3) is 0 Å². The second kappa shape index (κ2) is 6.98. The molecule has 0 saturated heterocycles. The normalized spacial score (nSPS) is 12.0. The van der Waals surface area contributed by atoms with Crippen LogP contribution >= 0.6 is 50.5 Å². The predicted molar refractivity (Wildman–Crippen MR) is 91.7 cm³/mol. The van der Waals surface area contributed by atoms with Crippen molar-refractivity contribution in [1.29, 1.82) is 0 Å². The fourth-order valence-electron chi connectivity index (χ4n) is 1.76. The zero-order valence-corrected chi connectivity index (χ0v) is 15.7. The lowest BCUT2D eigenvalue weighted by atomic mass is 10.2. The topological polar surface area (TPSA) is 37.4 Å². The summed E-state index contributed by atoms with van der Waals surface area (Å²) in [5, 5.41) is 2.38. The number of benzene rings is 1. The maximum atomic E-state index is 12.6. The zero-order chi connectivity index (χ0) is 15.6. The van der Waals surface area contributed by atoms with Crippen molar-refractivity contribution in [2.75, 3.05) is 7.05 Å². The number of sulfonamides is 1. The van der Waals surface area contributed by atoms with Crippen LogP contribution in [0.5, 0.6) is 0 Å². The molecule has 2 aromatic rings. The van der Waals surface area contributed by atoms with Gasteiger partial charge in [0.05, 0.1) is 8.68 Å². The number of alkyl halides is 1. The van der Waals surface area contributed by atoms with Gasteiger partial charge in [0.15, 0.2) is 0 Å². The van der Waals surface area contributed by atoms with Crippen LogP contribution in [-0.2, 0) is 22.4 Å². The molecule has 114 valence electrons. The predicted octanol–water partition coefficient (Wildman–Crippen LogP) is 4.72. The van der Waals surface area contributed by atoms with E-state index in [1.807, 2.05) is 11.4 Å². The van der Waals surface area contributed by atoms with Crippen LogP contribution in [-0.4, -0.2) is 19.8 Å². The third kappa shape index (κ3) is 4.00. The van der Waals surface area contributed by atoms with Crippen molar-refractivity contribution in [2.24, 2.45) is 0 Å². The number of nitrogens with zero attached hydrogens (tertiary/aromatic N) is 1. The summed E-state index contributed by atoms with van der Waals surface area (Å²) in [6.07, 6.45) is 0. The van der Waals surface area contributed by atoms with Gasteiger partial charge in [-0.05, 0) is 56.7 Å². The number of halogens is 3. The molecule has 8 heteroatoms. The summed E-state index contributed by atoms with van der Waals surface area (Å²) >= 11 is 16.6. The Labute approximate surface area is 146 Å². The Morgan fingerprint density at radius 1 is 1.33 bits per heavy atom. The van der Waals surface area contributed by atoms with E-state index in [-0.39, 0.29) is 10.8 Å². The van der Waals surface area contributed by atoms with Crippen LogP contribution in [0.2, 0.25) is 5.02 Å². The number of rotatable bonds is 5. The minimum Gasteiger partial charge on any atom is -0.207 e. The highest BCUT2D eigenvalue weighted by Crippen LogP contribution is 2.26. The van der Waals surface area contributed by atoms with Crippen molar-refractivity contribution >= 4 is 60.5 Å². The summed E-state index contributed by atoms with van der Waals surface area (Å²) in [5.41, 5.74) is 1.54. The van der Waals surface area contributed by atoms with Crippen molar-refractivity contribution < 1.29 is 8.42 Å². The number of hydrogen-bond donors (Lipinski definition) is 0. The molecule has 21 heavy (non-hydrogen) atoms. The highest BCUT2D eigenvalue weighted by Gasteiger charge is 2.22. The van der Waals surface area contributed by atoms with Crippen molar-refractivity contribution in [1.82, 2.24) is 4.31 Å². The molecule has 0 bridgehead atoms. The van der Waals surface area contributed by atoms with Crippen LogP contribution in [0.15, 0.2) is 38.3 Å². The van der Waals surface area contributed by atoms with Gasteiger partial charge < -0.3 is 0 Å². The Balaban J connectivity index is 2.28. The van der Waals surface area contributed by atoms with Crippen molar-refractivity contribution in [2.45, 2.75) is 17.3 Å². The maximum absolute atomic E-state index is 12.6. The minimum atomic E-state index is -3.57. The molecule has 0 aliphatic heterocycles. The molecule has 0 aliphatic rings. The number of hydrogen-bond acceptors (Lipinski definition) is 3. The van der Waals surface area contributed by atoms with E-state index >= 15 is 0 Å². The van der Waals surface area contributed by atoms with Crippen molar-refractivity contribution in [3.63, 3.8) is 0 Å². The molecule has 0 fully saturated rings. The van der Waals surface area contributed by atoms with E-state index in [2.05, 4.69) is 15.9 Å². The average molecular weight is 429 g/mol. The first-order chi connectivity index (χ1) is 9.84. The van der Waals surface area contributed by atoms with E-state index in [1.165, 1.54) is 27.8 Å². The van der Waals surface area contributed by atoms with Crippen LogP contribution in [0.25, 0.3) is 0 Å². The van der Waals surface area contributed by atoms with Gasteiger partial charge in [0.2, 0.25) is 10.0 Å². The zero-order valence-electron chi connectivity index (χ0n) is 11.0. The first-order valence-corrected chi connectivity index (χ1v) is 9.90. The fourth-order valence-corrected chi connectivity index (χ4v) is 4.65.